The van der Waals surface area contributed by atoms with Crippen LogP contribution >= 0.6 is 0 Å². The largest absolute Gasteiger partial charge is 0.367 e. The second-order valence-corrected chi connectivity index (χ2v) is 7.52. The van der Waals surface area contributed by atoms with Crippen LogP contribution in [-0.2, 0) is 4.74 Å². The van der Waals surface area contributed by atoms with E-state index >= 15 is 0 Å². The standard InChI is InChI=1S/C16H28O2/c1-4-16(2,3)15(17)18-14-9-10-8-13(14)12-7-5-6-11(10)12/h10-15,17H,4-9H2,1-3H3/t10?,11?,12?,13?,14?,15-/m1/s1. The molecule has 0 aromatic rings. The molecule has 3 saturated carbocycles. The number of rotatable bonds is 4. The highest BCUT2D eigenvalue weighted by Crippen LogP contribution is 2.59. The molecule has 0 aromatic heterocycles. The summed E-state index contributed by atoms with van der Waals surface area (Å²) < 4.78 is 6.06. The molecule has 3 fully saturated rings. The Labute approximate surface area is 111 Å². The minimum absolute atomic E-state index is 0.114. The van der Waals surface area contributed by atoms with Gasteiger partial charge in [-0.05, 0) is 55.8 Å². The molecule has 2 nitrogen and oxygen atoms in total. The van der Waals surface area contributed by atoms with E-state index in [4.69, 9.17) is 4.74 Å². The summed E-state index contributed by atoms with van der Waals surface area (Å²) in [4.78, 5) is 0. The van der Waals surface area contributed by atoms with Crippen LogP contribution < -0.4 is 0 Å². The minimum Gasteiger partial charge on any atom is -0.367 e. The number of fused-ring (bicyclic) bond motifs is 5. The lowest BCUT2D eigenvalue weighted by atomic mass is 9.80. The van der Waals surface area contributed by atoms with Crippen molar-refractivity contribution in [3.63, 3.8) is 0 Å². The fourth-order valence-corrected chi connectivity index (χ4v) is 4.69. The summed E-state index contributed by atoms with van der Waals surface area (Å²) >= 11 is 0. The number of ether oxygens (including phenoxy) is 1. The van der Waals surface area contributed by atoms with Crippen LogP contribution in [0.15, 0.2) is 0 Å². The summed E-state index contributed by atoms with van der Waals surface area (Å²) in [5.41, 5.74) is -0.114. The predicted molar refractivity (Wildman–Crippen MR) is 72.0 cm³/mol. The maximum Gasteiger partial charge on any atom is 0.159 e. The Kier molecular flexibility index (Phi) is 3.22. The summed E-state index contributed by atoms with van der Waals surface area (Å²) in [7, 11) is 0. The molecule has 0 radical (unpaired) electrons. The summed E-state index contributed by atoms with van der Waals surface area (Å²) in [5.74, 6) is 3.59. The zero-order chi connectivity index (χ0) is 12.9. The molecule has 3 aliphatic rings. The van der Waals surface area contributed by atoms with Gasteiger partial charge in [-0.1, -0.05) is 27.2 Å². The van der Waals surface area contributed by atoms with Gasteiger partial charge >= 0.3 is 0 Å². The Balaban J connectivity index is 1.63. The molecule has 0 spiro atoms. The molecule has 2 bridgehead atoms. The molecule has 6 atom stereocenters. The van der Waals surface area contributed by atoms with Crippen LogP contribution in [0.3, 0.4) is 0 Å². The quantitative estimate of drug-likeness (QED) is 0.775. The number of aliphatic hydroxyl groups excluding tert-OH is 1. The maximum atomic E-state index is 10.3. The monoisotopic (exact) mass is 252 g/mol. The maximum absolute atomic E-state index is 10.3. The van der Waals surface area contributed by atoms with Crippen molar-refractivity contribution in [1.29, 1.82) is 0 Å². The van der Waals surface area contributed by atoms with Crippen LogP contribution in [0.4, 0.5) is 0 Å². The topological polar surface area (TPSA) is 29.5 Å². The van der Waals surface area contributed by atoms with Gasteiger partial charge < -0.3 is 9.84 Å². The summed E-state index contributed by atoms with van der Waals surface area (Å²) in [6.07, 6.45) is 7.60. The zero-order valence-electron chi connectivity index (χ0n) is 12.1. The van der Waals surface area contributed by atoms with E-state index < -0.39 is 6.29 Å². The Hall–Kier alpha value is -0.0800. The van der Waals surface area contributed by atoms with Gasteiger partial charge in [0.25, 0.3) is 0 Å². The van der Waals surface area contributed by atoms with Crippen molar-refractivity contribution >= 4 is 0 Å². The molecule has 1 N–H and O–H groups in total. The van der Waals surface area contributed by atoms with E-state index in [1.54, 1.807) is 0 Å². The van der Waals surface area contributed by atoms with Gasteiger partial charge in [-0.25, -0.2) is 0 Å². The molecule has 0 heterocycles. The average Bonchev–Trinajstić information content (AvgIpc) is 2.99. The smallest absolute Gasteiger partial charge is 0.159 e. The van der Waals surface area contributed by atoms with Gasteiger partial charge in [0.15, 0.2) is 6.29 Å². The van der Waals surface area contributed by atoms with Crippen LogP contribution in [-0.4, -0.2) is 17.5 Å². The second kappa shape index (κ2) is 4.49. The molecular formula is C16H28O2. The van der Waals surface area contributed by atoms with Crippen LogP contribution in [0.5, 0.6) is 0 Å². The van der Waals surface area contributed by atoms with Crippen LogP contribution in [0, 0.1) is 29.1 Å². The molecule has 0 aliphatic heterocycles. The van der Waals surface area contributed by atoms with E-state index in [2.05, 4.69) is 20.8 Å². The van der Waals surface area contributed by atoms with E-state index in [1.807, 2.05) is 0 Å². The highest BCUT2D eigenvalue weighted by Gasteiger charge is 2.54. The lowest BCUT2D eigenvalue weighted by Gasteiger charge is -2.37. The van der Waals surface area contributed by atoms with Gasteiger partial charge in [0.05, 0.1) is 6.10 Å². The highest BCUT2D eigenvalue weighted by atomic mass is 16.6. The summed E-state index contributed by atoms with van der Waals surface area (Å²) in [5, 5.41) is 10.3. The Bertz CT molecular complexity index is 312. The third-order valence-corrected chi connectivity index (χ3v) is 6.25. The summed E-state index contributed by atoms with van der Waals surface area (Å²) in [6, 6.07) is 0. The van der Waals surface area contributed by atoms with E-state index in [-0.39, 0.29) is 5.41 Å². The van der Waals surface area contributed by atoms with Crippen LogP contribution in [0.2, 0.25) is 0 Å². The summed E-state index contributed by atoms with van der Waals surface area (Å²) in [6.45, 7) is 6.33. The number of hydrogen-bond donors (Lipinski definition) is 1. The van der Waals surface area contributed by atoms with Gasteiger partial charge in [0.2, 0.25) is 0 Å². The Morgan fingerprint density at radius 2 is 1.89 bits per heavy atom. The SMILES string of the molecule is CCC(C)(C)[C@H](O)OC1CC2CC1C1CCCC21. The Morgan fingerprint density at radius 3 is 2.61 bits per heavy atom. The van der Waals surface area contributed by atoms with Crippen LogP contribution in [0.25, 0.3) is 0 Å². The van der Waals surface area contributed by atoms with Crippen molar-refractivity contribution in [2.45, 2.75) is 71.7 Å². The van der Waals surface area contributed by atoms with Gasteiger partial charge in [0.1, 0.15) is 0 Å². The zero-order valence-corrected chi connectivity index (χ0v) is 12.1. The van der Waals surface area contributed by atoms with Crippen molar-refractivity contribution in [3.8, 4) is 0 Å². The van der Waals surface area contributed by atoms with Crippen molar-refractivity contribution in [2.24, 2.45) is 29.1 Å². The molecule has 0 aromatic carbocycles. The molecule has 0 saturated heterocycles. The fourth-order valence-electron chi connectivity index (χ4n) is 4.69. The van der Waals surface area contributed by atoms with E-state index in [9.17, 15) is 5.11 Å². The number of aliphatic hydroxyl groups is 1. The van der Waals surface area contributed by atoms with E-state index in [1.165, 1.54) is 32.1 Å². The normalized spacial score (nSPS) is 44.3. The fraction of sp³-hybridized carbons (Fsp3) is 1.00. The lowest BCUT2D eigenvalue weighted by Crippen LogP contribution is -2.39. The lowest BCUT2D eigenvalue weighted by molar-refractivity contribution is -0.207. The third-order valence-electron chi connectivity index (χ3n) is 6.25. The predicted octanol–water partition coefficient (Wildman–Crippen LogP) is 3.58. The van der Waals surface area contributed by atoms with Crippen molar-refractivity contribution in [1.82, 2.24) is 0 Å². The Morgan fingerprint density at radius 1 is 1.17 bits per heavy atom. The molecule has 104 valence electrons. The molecule has 18 heavy (non-hydrogen) atoms. The highest BCUT2D eigenvalue weighted by molar-refractivity contribution is 5.03. The second-order valence-electron chi connectivity index (χ2n) is 7.52. The van der Waals surface area contributed by atoms with Gasteiger partial charge in [-0.3, -0.25) is 0 Å². The van der Waals surface area contributed by atoms with Gasteiger partial charge in [-0.15, -0.1) is 0 Å². The van der Waals surface area contributed by atoms with E-state index in [0.29, 0.717) is 6.10 Å². The van der Waals surface area contributed by atoms with Gasteiger partial charge in [0, 0.05) is 5.41 Å². The first kappa shape index (κ1) is 12.9. The molecule has 3 rings (SSSR count). The van der Waals surface area contributed by atoms with Crippen molar-refractivity contribution in [3.05, 3.63) is 0 Å². The molecule has 2 heteroatoms. The molecule has 0 amide bonds. The van der Waals surface area contributed by atoms with Gasteiger partial charge in [-0.2, -0.15) is 0 Å². The molecule has 3 aliphatic carbocycles. The van der Waals surface area contributed by atoms with E-state index in [0.717, 1.165) is 30.1 Å². The number of hydrogen-bond acceptors (Lipinski definition) is 2. The van der Waals surface area contributed by atoms with Crippen LogP contribution in [0.1, 0.15) is 59.3 Å². The molecular weight excluding hydrogens is 224 g/mol. The first-order valence-corrected chi connectivity index (χ1v) is 7.86. The first-order valence-electron chi connectivity index (χ1n) is 7.86. The first-order chi connectivity index (χ1) is 8.53. The minimum atomic E-state index is -0.591. The van der Waals surface area contributed by atoms with Crippen molar-refractivity contribution < 1.29 is 9.84 Å². The third kappa shape index (κ3) is 1.92. The molecule has 5 unspecified atom stereocenters. The van der Waals surface area contributed by atoms with Crippen molar-refractivity contribution in [2.75, 3.05) is 0 Å². The average molecular weight is 252 g/mol.